The van der Waals surface area contributed by atoms with Crippen molar-refractivity contribution >= 4 is 44.7 Å². The van der Waals surface area contributed by atoms with Gasteiger partial charge in [-0.3, -0.25) is 4.79 Å². The highest BCUT2D eigenvalue weighted by molar-refractivity contribution is 9.10. The van der Waals surface area contributed by atoms with E-state index in [0.29, 0.717) is 0 Å². The van der Waals surface area contributed by atoms with Crippen LogP contribution in [-0.4, -0.2) is 26.4 Å². The summed E-state index contributed by atoms with van der Waals surface area (Å²) in [6, 6.07) is 5.97. The van der Waals surface area contributed by atoms with E-state index in [-0.39, 0.29) is 11.3 Å². The molecular formula is C14H17BrN2O2S. The van der Waals surface area contributed by atoms with Crippen LogP contribution in [0.15, 0.2) is 27.8 Å². The fourth-order valence-corrected chi connectivity index (χ4v) is 3.24. The molecule has 2 aromatic rings. The minimum Gasteiger partial charge on any atom is -0.481 e. The van der Waals surface area contributed by atoms with Gasteiger partial charge in [0.2, 0.25) is 0 Å². The lowest BCUT2D eigenvalue weighted by Crippen LogP contribution is -2.26. The number of aromatic nitrogens is 2. The number of imidazole rings is 1. The minimum absolute atomic E-state index is 0.0181. The smallest absolute Gasteiger partial charge is 0.313 e. The lowest BCUT2D eigenvalue weighted by Gasteiger charge is -2.27. The van der Waals surface area contributed by atoms with Crippen LogP contribution in [0.5, 0.6) is 0 Å². The van der Waals surface area contributed by atoms with Gasteiger partial charge in [-0.15, -0.1) is 0 Å². The maximum atomic E-state index is 10.8. The molecule has 1 aromatic heterocycles. The Balaban J connectivity index is 2.59. The normalized spacial score (nSPS) is 12.0. The molecule has 0 atom stereocenters. The van der Waals surface area contributed by atoms with Gasteiger partial charge in [0.15, 0.2) is 5.16 Å². The molecule has 0 bridgehead atoms. The zero-order chi connectivity index (χ0) is 14.9. The van der Waals surface area contributed by atoms with Crippen LogP contribution in [0.2, 0.25) is 0 Å². The Hall–Kier alpha value is -1.01. The van der Waals surface area contributed by atoms with Crippen LogP contribution in [-0.2, 0) is 10.3 Å². The average Bonchev–Trinajstić information content (AvgIpc) is 2.74. The highest BCUT2D eigenvalue weighted by atomic mass is 79.9. The summed E-state index contributed by atoms with van der Waals surface area (Å²) in [7, 11) is 0. The first-order chi connectivity index (χ1) is 9.35. The molecule has 108 valence electrons. The zero-order valence-corrected chi connectivity index (χ0v) is 14.1. The van der Waals surface area contributed by atoms with Crippen molar-refractivity contribution in [3.05, 3.63) is 22.7 Å². The predicted octanol–water partition coefficient (Wildman–Crippen LogP) is 4.12. The van der Waals surface area contributed by atoms with Crippen LogP contribution in [0.3, 0.4) is 0 Å². The van der Waals surface area contributed by atoms with Gasteiger partial charge in [-0.05, 0) is 38.5 Å². The summed E-state index contributed by atoms with van der Waals surface area (Å²) in [6.07, 6.45) is 0.940. The van der Waals surface area contributed by atoms with Gasteiger partial charge in [-0.1, -0.05) is 34.6 Å². The number of fused-ring (bicyclic) bond motifs is 1. The minimum atomic E-state index is -0.830. The quantitative estimate of drug-likeness (QED) is 0.818. The van der Waals surface area contributed by atoms with Crippen molar-refractivity contribution in [2.75, 3.05) is 5.75 Å². The molecule has 1 heterocycles. The number of carboxylic acid groups (broad SMARTS) is 1. The number of carboxylic acids is 1. The number of halogens is 1. The number of benzene rings is 1. The number of hydrogen-bond acceptors (Lipinski definition) is 3. The van der Waals surface area contributed by atoms with Crippen LogP contribution in [0.4, 0.5) is 0 Å². The number of thioether (sulfide) groups is 1. The van der Waals surface area contributed by atoms with Gasteiger partial charge >= 0.3 is 5.97 Å². The Morgan fingerprint density at radius 2 is 2.20 bits per heavy atom. The first kappa shape index (κ1) is 15.4. The maximum Gasteiger partial charge on any atom is 0.313 e. The standard InChI is InChI=1S/C14H17BrN2O2S/c1-4-14(2,3)17-11-6-5-9(15)7-10(11)16-13(17)20-8-12(18)19/h5-7H,4,8H2,1-3H3,(H,18,19). The molecule has 0 saturated heterocycles. The van der Waals surface area contributed by atoms with E-state index >= 15 is 0 Å². The molecule has 0 radical (unpaired) electrons. The van der Waals surface area contributed by atoms with Crippen molar-refractivity contribution in [2.45, 2.75) is 37.9 Å². The number of nitrogens with zero attached hydrogens (tertiary/aromatic N) is 2. The topological polar surface area (TPSA) is 55.1 Å². The molecule has 6 heteroatoms. The Bertz CT molecular complexity index is 652. The molecule has 0 amide bonds. The largest absolute Gasteiger partial charge is 0.481 e. The number of carbonyl (C=O) groups is 1. The van der Waals surface area contributed by atoms with E-state index < -0.39 is 5.97 Å². The molecule has 4 nitrogen and oxygen atoms in total. The van der Waals surface area contributed by atoms with Crippen LogP contribution in [0.25, 0.3) is 11.0 Å². The summed E-state index contributed by atoms with van der Waals surface area (Å²) < 4.78 is 3.11. The summed E-state index contributed by atoms with van der Waals surface area (Å²) in [5.74, 6) is -0.811. The van der Waals surface area contributed by atoms with Crippen molar-refractivity contribution in [1.82, 2.24) is 9.55 Å². The molecule has 0 aliphatic heterocycles. The monoisotopic (exact) mass is 356 g/mol. The van der Waals surface area contributed by atoms with Gasteiger partial charge in [0, 0.05) is 10.0 Å². The molecule has 0 saturated carbocycles. The van der Waals surface area contributed by atoms with Crippen LogP contribution >= 0.6 is 27.7 Å². The summed E-state index contributed by atoms with van der Waals surface area (Å²) in [4.78, 5) is 15.4. The second-order valence-electron chi connectivity index (χ2n) is 5.21. The van der Waals surface area contributed by atoms with Crippen LogP contribution < -0.4 is 0 Å². The van der Waals surface area contributed by atoms with Gasteiger partial charge in [-0.2, -0.15) is 0 Å². The lowest BCUT2D eigenvalue weighted by molar-refractivity contribution is -0.133. The molecule has 1 N–H and O–H groups in total. The van der Waals surface area contributed by atoms with Crippen molar-refractivity contribution in [3.8, 4) is 0 Å². The van der Waals surface area contributed by atoms with E-state index in [4.69, 9.17) is 5.11 Å². The van der Waals surface area contributed by atoms with E-state index in [0.717, 1.165) is 27.1 Å². The van der Waals surface area contributed by atoms with E-state index in [1.54, 1.807) is 0 Å². The summed E-state index contributed by atoms with van der Waals surface area (Å²) in [6.45, 7) is 6.40. The SMILES string of the molecule is CCC(C)(C)n1c(SCC(=O)O)nc2cc(Br)ccc21. The van der Waals surface area contributed by atoms with Crippen molar-refractivity contribution in [1.29, 1.82) is 0 Å². The second-order valence-corrected chi connectivity index (χ2v) is 7.07. The fraction of sp³-hybridized carbons (Fsp3) is 0.429. The molecule has 2 rings (SSSR count). The molecule has 0 fully saturated rings. The molecule has 1 aromatic carbocycles. The number of aliphatic carboxylic acids is 1. The highest BCUT2D eigenvalue weighted by Gasteiger charge is 2.25. The number of rotatable bonds is 5. The Morgan fingerprint density at radius 1 is 1.50 bits per heavy atom. The summed E-state index contributed by atoms with van der Waals surface area (Å²) in [5, 5.41) is 9.64. The van der Waals surface area contributed by atoms with Crippen LogP contribution in [0, 0.1) is 0 Å². The molecule has 0 aliphatic carbocycles. The summed E-state index contributed by atoms with van der Waals surface area (Å²) in [5.41, 5.74) is 1.81. The maximum absolute atomic E-state index is 10.8. The first-order valence-corrected chi connectivity index (χ1v) is 8.16. The number of hydrogen-bond donors (Lipinski definition) is 1. The molecular weight excluding hydrogens is 340 g/mol. The third kappa shape index (κ3) is 3.01. The van der Waals surface area contributed by atoms with Crippen LogP contribution in [0.1, 0.15) is 27.2 Å². The third-order valence-electron chi connectivity index (χ3n) is 3.38. The van der Waals surface area contributed by atoms with Gasteiger partial charge in [-0.25, -0.2) is 4.98 Å². The highest BCUT2D eigenvalue weighted by Crippen LogP contribution is 2.33. The first-order valence-electron chi connectivity index (χ1n) is 6.38. The predicted molar refractivity (Wildman–Crippen MR) is 85.4 cm³/mol. The Kier molecular flexibility index (Phi) is 4.44. The van der Waals surface area contributed by atoms with Crippen molar-refractivity contribution in [3.63, 3.8) is 0 Å². The summed E-state index contributed by atoms with van der Waals surface area (Å²) >= 11 is 4.71. The van der Waals surface area contributed by atoms with Gasteiger partial charge in [0.25, 0.3) is 0 Å². The Morgan fingerprint density at radius 3 is 2.80 bits per heavy atom. The molecule has 0 spiro atoms. The molecule has 20 heavy (non-hydrogen) atoms. The Labute approximate surface area is 130 Å². The van der Waals surface area contributed by atoms with Crippen molar-refractivity contribution < 1.29 is 9.90 Å². The van der Waals surface area contributed by atoms with Gasteiger partial charge in [0.1, 0.15) is 0 Å². The van der Waals surface area contributed by atoms with E-state index in [1.165, 1.54) is 11.8 Å². The van der Waals surface area contributed by atoms with E-state index in [1.807, 2.05) is 18.2 Å². The zero-order valence-electron chi connectivity index (χ0n) is 11.7. The third-order valence-corrected chi connectivity index (χ3v) is 4.80. The second kappa shape index (κ2) is 5.77. The average molecular weight is 357 g/mol. The molecule has 0 unspecified atom stereocenters. The van der Waals surface area contributed by atoms with E-state index in [2.05, 4.69) is 46.3 Å². The fourth-order valence-electron chi connectivity index (χ4n) is 2.00. The molecule has 0 aliphatic rings. The van der Waals surface area contributed by atoms with E-state index in [9.17, 15) is 4.79 Å². The van der Waals surface area contributed by atoms with Gasteiger partial charge < -0.3 is 9.67 Å². The lowest BCUT2D eigenvalue weighted by atomic mass is 10.0. The van der Waals surface area contributed by atoms with Gasteiger partial charge in [0.05, 0.1) is 16.8 Å². The van der Waals surface area contributed by atoms with Crippen molar-refractivity contribution in [2.24, 2.45) is 0 Å².